The van der Waals surface area contributed by atoms with Gasteiger partial charge in [0.2, 0.25) is 0 Å². The largest absolute Gasteiger partial charge is 0.469 e. The third kappa shape index (κ3) is 2.03. The topological polar surface area (TPSA) is 33.4 Å². The van der Waals surface area contributed by atoms with E-state index in [1.165, 1.54) is 11.8 Å². The summed E-state index contributed by atoms with van der Waals surface area (Å²) < 4.78 is 5.27. The van der Waals surface area contributed by atoms with Crippen LogP contribution in [0.5, 0.6) is 0 Å². The Hall–Kier alpha value is -1.54. The molecule has 0 bridgehead atoms. The molecular formula is C12H11O2. The van der Waals surface area contributed by atoms with Crippen molar-refractivity contribution in [3.05, 3.63) is 66.2 Å². The first-order valence-corrected chi connectivity index (χ1v) is 4.47. The first-order chi connectivity index (χ1) is 6.88. The predicted octanol–water partition coefficient (Wildman–Crippen LogP) is 2.75. The lowest BCUT2D eigenvalue weighted by molar-refractivity contribution is 0.412. The monoisotopic (exact) mass is 187 g/mol. The molecule has 0 atom stereocenters. The molecule has 0 aliphatic carbocycles. The fraction of sp³-hybridized carbons (Fsp3) is 0.0833. The predicted molar refractivity (Wildman–Crippen MR) is 53.3 cm³/mol. The zero-order valence-corrected chi connectivity index (χ0v) is 7.68. The second-order valence-electron chi connectivity index (χ2n) is 3.14. The molecule has 0 unspecified atom stereocenters. The maximum absolute atomic E-state index is 8.73. The third-order valence-electron chi connectivity index (χ3n) is 2.04. The van der Waals surface area contributed by atoms with Gasteiger partial charge in [-0.15, -0.1) is 0 Å². The van der Waals surface area contributed by atoms with Crippen LogP contribution in [0.3, 0.4) is 0 Å². The van der Waals surface area contributed by atoms with Crippen LogP contribution in [0.4, 0.5) is 0 Å². The van der Waals surface area contributed by atoms with Gasteiger partial charge in [0, 0.05) is 12.0 Å². The van der Waals surface area contributed by atoms with E-state index < -0.39 is 0 Å². The van der Waals surface area contributed by atoms with E-state index in [1.54, 1.807) is 0 Å². The molecule has 1 N–H and O–H groups in total. The normalized spacial score (nSPS) is 10.4. The molecule has 1 radical (unpaired) electrons. The average Bonchev–Trinajstić information content (AvgIpc) is 2.67. The van der Waals surface area contributed by atoms with Gasteiger partial charge in [-0.3, -0.25) is 0 Å². The zero-order valence-electron chi connectivity index (χ0n) is 7.68. The number of hydrogen-bond acceptors (Lipinski definition) is 2. The summed E-state index contributed by atoms with van der Waals surface area (Å²) in [4.78, 5) is 0. The van der Waals surface area contributed by atoms with E-state index in [4.69, 9.17) is 9.52 Å². The molecular weight excluding hydrogens is 176 g/mol. The Morgan fingerprint density at radius 2 is 2.00 bits per heavy atom. The molecule has 0 fully saturated rings. The van der Waals surface area contributed by atoms with Crippen molar-refractivity contribution in [1.82, 2.24) is 0 Å². The van der Waals surface area contributed by atoms with E-state index in [0.717, 1.165) is 18.8 Å². The molecule has 2 nitrogen and oxygen atoms in total. The van der Waals surface area contributed by atoms with Crippen molar-refractivity contribution in [1.29, 1.82) is 0 Å². The van der Waals surface area contributed by atoms with Crippen molar-refractivity contribution < 1.29 is 9.52 Å². The van der Waals surface area contributed by atoms with Gasteiger partial charge in [-0.25, -0.2) is 0 Å². The summed E-state index contributed by atoms with van der Waals surface area (Å²) in [6.07, 6.45) is 2.30. The maximum atomic E-state index is 8.73. The molecule has 1 aromatic heterocycles. The van der Waals surface area contributed by atoms with Crippen LogP contribution < -0.4 is 0 Å². The molecule has 0 amide bonds. The first-order valence-electron chi connectivity index (χ1n) is 4.47. The van der Waals surface area contributed by atoms with Crippen molar-refractivity contribution >= 4 is 0 Å². The van der Waals surface area contributed by atoms with Crippen LogP contribution in [-0.4, -0.2) is 5.11 Å². The van der Waals surface area contributed by atoms with Crippen LogP contribution in [0.15, 0.2) is 47.1 Å². The van der Waals surface area contributed by atoms with Crippen molar-refractivity contribution in [3.8, 4) is 0 Å². The minimum absolute atomic E-state index is 0.705. The van der Waals surface area contributed by atoms with Gasteiger partial charge < -0.3 is 9.52 Å². The molecule has 0 saturated carbocycles. The van der Waals surface area contributed by atoms with E-state index in [9.17, 15) is 0 Å². The van der Waals surface area contributed by atoms with E-state index >= 15 is 0 Å². The summed E-state index contributed by atoms with van der Waals surface area (Å²) in [5.74, 6) is 0.858. The van der Waals surface area contributed by atoms with Crippen LogP contribution in [0.1, 0.15) is 16.9 Å². The lowest BCUT2D eigenvalue weighted by Crippen LogP contribution is -1.83. The Balaban J connectivity index is 2.11. The van der Waals surface area contributed by atoms with Gasteiger partial charge in [-0.2, -0.15) is 0 Å². The van der Waals surface area contributed by atoms with E-state index in [2.05, 4.69) is 0 Å². The second-order valence-corrected chi connectivity index (χ2v) is 3.14. The number of rotatable bonds is 3. The number of furan rings is 1. The summed E-state index contributed by atoms with van der Waals surface area (Å²) in [6.45, 7) is 1.04. The molecule has 2 rings (SSSR count). The Morgan fingerprint density at radius 3 is 2.64 bits per heavy atom. The van der Waals surface area contributed by atoms with Gasteiger partial charge in [0.15, 0.2) is 0 Å². The lowest BCUT2D eigenvalue weighted by atomic mass is 10.1. The van der Waals surface area contributed by atoms with Gasteiger partial charge in [-0.1, -0.05) is 30.3 Å². The van der Waals surface area contributed by atoms with Gasteiger partial charge in [0.05, 0.1) is 6.26 Å². The highest BCUT2D eigenvalue weighted by Crippen LogP contribution is 2.13. The SMILES string of the molecule is O[CH]c1coc(Cc2ccccc2)c1. The highest BCUT2D eigenvalue weighted by atomic mass is 16.3. The van der Waals surface area contributed by atoms with Crippen LogP contribution >= 0.6 is 0 Å². The molecule has 0 aliphatic heterocycles. The van der Waals surface area contributed by atoms with E-state index in [1.807, 2.05) is 36.4 Å². The molecule has 2 heteroatoms. The molecule has 0 saturated heterocycles. The number of hydrogen-bond donors (Lipinski definition) is 1. The van der Waals surface area contributed by atoms with Crippen LogP contribution in [-0.2, 0) is 6.42 Å². The fourth-order valence-electron chi connectivity index (χ4n) is 1.36. The number of aliphatic hydroxyl groups excluding tert-OH is 1. The van der Waals surface area contributed by atoms with Crippen molar-refractivity contribution in [3.63, 3.8) is 0 Å². The molecule has 1 aromatic carbocycles. The molecule has 0 aliphatic rings. The Labute approximate surface area is 82.8 Å². The van der Waals surface area contributed by atoms with Crippen molar-refractivity contribution in [2.24, 2.45) is 0 Å². The molecule has 1 heterocycles. The second kappa shape index (κ2) is 4.11. The zero-order chi connectivity index (χ0) is 9.80. The molecule has 0 spiro atoms. The highest BCUT2D eigenvalue weighted by molar-refractivity contribution is 5.24. The van der Waals surface area contributed by atoms with Gasteiger partial charge in [-0.05, 0) is 11.6 Å². The van der Waals surface area contributed by atoms with Crippen LogP contribution in [0, 0.1) is 6.61 Å². The van der Waals surface area contributed by atoms with E-state index in [0.29, 0.717) is 5.56 Å². The first kappa shape index (κ1) is 9.03. The maximum Gasteiger partial charge on any atom is 0.112 e. The summed E-state index contributed by atoms with van der Waals surface area (Å²) in [7, 11) is 0. The Bertz CT molecular complexity index is 390. The van der Waals surface area contributed by atoms with Crippen LogP contribution in [0.2, 0.25) is 0 Å². The van der Waals surface area contributed by atoms with Crippen molar-refractivity contribution in [2.75, 3.05) is 0 Å². The minimum atomic E-state index is 0.705. The Morgan fingerprint density at radius 1 is 1.21 bits per heavy atom. The summed E-state index contributed by atoms with van der Waals surface area (Å²) in [5, 5.41) is 8.73. The van der Waals surface area contributed by atoms with Crippen LogP contribution in [0.25, 0.3) is 0 Å². The average molecular weight is 187 g/mol. The lowest BCUT2D eigenvalue weighted by Gasteiger charge is -1.95. The summed E-state index contributed by atoms with van der Waals surface area (Å²) in [5.41, 5.74) is 1.90. The standard InChI is InChI=1S/C12H11O2/c13-8-11-7-12(14-9-11)6-10-4-2-1-3-5-10/h1-5,7-9,13H,6H2. The molecule has 2 aromatic rings. The molecule has 71 valence electrons. The fourth-order valence-corrected chi connectivity index (χ4v) is 1.36. The minimum Gasteiger partial charge on any atom is -0.469 e. The highest BCUT2D eigenvalue weighted by Gasteiger charge is 2.01. The van der Waals surface area contributed by atoms with Crippen molar-refractivity contribution in [2.45, 2.75) is 6.42 Å². The number of benzene rings is 1. The summed E-state index contributed by atoms with van der Waals surface area (Å²) in [6, 6.07) is 11.9. The Kier molecular flexibility index (Phi) is 2.65. The summed E-state index contributed by atoms with van der Waals surface area (Å²) >= 11 is 0. The van der Waals surface area contributed by atoms with Gasteiger partial charge in [0.25, 0.3) is 0 Å². The quantitative estimate of drug-likeness (QED) is 0.801. The smallest absolute Gasteiger partial charge is 0.112 e. The number of aliphatic hydroxyl groups is 1. The van der Waals surface area contributed by atoms with E-state index in [-0.39, 0.29) is 0 Å². The molecule has 14 heavy (non-hydrogen) atoms. The van der Waals surface area contributed by atoms with Gasteiger partial charge in [0.1, 0.15) is 12.4 Å². The third-order valence-corrected chi connectivity index (χ3v) is 2.04. The van der Waals surface area contributed by atoms with Gasteiger partial charge >= 0.3 is 0 Å².